The van der Waals surface area contributed by atoms with Crippen LogP contribution in [0.5, 0.6) is 0 Å². The van der Waals surface area contributed by atoms with Gasteiger partial charge >= 0.3 is 0 Å². The number of anilines is 1. The summed E-state index contributed by atoms with van der Waals surface area (Å²) in [5, 5.41) is 3.45. The Labute approximate surface area is 259 Å². The lowest BCUT2D eigenvalue weighted by molar-refractivity contribution is -0.140. The molecule has 0 spiro atoms. The van der Waals surface area contributed by atoms with Gasteiger partial charge in [0.2, 0.25) is 11.8 Å². The molecule has 4 aromatic carbocycles. The summed E-state index contributed by atoms with van der Waals surface area (Å²) in [6.45, 7) is 5.05. The minimum absolute atomic E-state index is 0.0510. The Morgan fingerprint density at radius 2 is 1.42 bits per heavy atom. The zero-order chi connectivity index (χ0) is 31.0. The number of nitrogens with zero attached hydrogens (tertiary/aromatic N) is 2. The van der Waals surface area contributed by atoms with Crippen LogP contribution in [0.25, 0.3) is 0 Å². The minimum Gasteiger partial charge on any atom is -0.352 e. The third-order valence-corrected chi connectivity index (χ3v) is 8.95. The fourth-order valence-corrected chi connectivity index (χ4v) is 6.56. The Bertz CT molecular complexity index is 1650. The molecule has 0 aromatic heterocycles. The van der Waals surface area contributed by atoms with Crippen LogP contribution in [0.3, 0.4) is 0 Å². The molecule has 4 aromatic rings. The lowest BCUT2D eigenvalue weighted by atomic mass is 10.0. The maximum atomic E-state index is 14.4. The van der Waals surface area contributed by atoms with Gasteiger partial charge in [0.25, 0.3) is 10.0 Å². The molecule has 0 saturated carbocycles. The number of hydrogen-bond donors (Lipinski definition) is 1. The number of para-hydroxylation sites is 1. The smallest absolute Gasteiger partial charge is 0.264 e. The quantitative estimate of drug-likeness (QED) is 0.211. The van der Waals surface area contributed by atoms with E-state index in [9.17, 15) is 18.0 Å². The highest BCUT2D eigenvalue weighted by Crippen LogP contribution is 2.28. The van der Waals surface area contributed by atoms with Crippen molar-refractivity contribution in [3.63, 3.8) is 0 Å². The predicted octanol–water partition coefficient (Wildman–Crippen LogP) is 6.01. The molecule has 0 bridgehead atoms. The number of amides is 2. The number of sulfonamides is 1. The molecule has 0 aliphatic carbocycles. The number of aryl methyl sites for hydroxylation is 1. The van der Waals surface area contributed by atoms with Crippen LogP contribution >= 0.6 is 11.6 Å². The fraction of sp³-hybridized carbons (Fsp3) is 0.235. The molecule has 224 valence electrons. The molecule has 1 unspecified atom stereocenters. The number of rotatable bonds is 12. The van der Waals surface area contributed by atoms with Gasteiger partial charge in [-0.1, -0.05) is 90.5 Å². The summed E-state index contributed by atoms with van der Waals surface area (Å²) < 4.78 is 29.2. The second-order valence-corrected chi connectivity index (χ2v) is 12.9. The van der Waals surface area contributed by atoms with Crippen molar-refractivity contribution < 1.29 is 18.0 Å². The number of halogens is 1. The van der Waals surface area contributed by atoms with Gasteiger partial charge < -0.3 is 10.2 Å². The van der Waals surface area contributed by atoms with E-state index in [-0.39, 0.29) is 29.8 Å². The minimum atomic E-state index is -4.14. The van der Waals surface area contributed by atoms with E-state index in [4.69, 9.17) is 11.6 Å². The fourth-order valence-electron chi connectivity index (χ4n) is 4.84. The van der Waals surface area contributed by atoms with Gasteiger partial charge in [-0.25, -0.2) is 8.42 Å². The van der Waals surface area contributed by atoms with Gasteiger partial charge in [0, 0.05) is 24.0 Å². The molecule has 43 heavy (non-hydrogen) atoms. The highest BCUT2D eigenvalue weighted by Gasteiger charge is 2.35. The topological polar surface area (TPSA) is 86.8 Å². The predicted molar refractivity (Wildman–Crippen MR) is 171 cm³/mol. The van der Waals surface area contributed by atoms with Gasteiger partial charge in [-0.3, -0.25) is 13.9 Å². The normalized spacial score (nSPS) is 12.0. The number of carbonyl (C=O) groups excluding carboxylic acids is 2. The van der Waals surface area contributed by atoms with Gasteiger partial charge in [-0.2, -0.15) is 0 Å². The second-order valence-electron chi connectivity index (χ2n) is 10.6. The van der Waals surface area contributed by atoms with E-state index in [1.807, 2.05) is 56.3 Å². The van der Waals surface area contributed by atoms with Crippen molar-refractivity contribution in [3.05, 3.63) is 131 Å². The molecule has 9 heteroatoms. The molecule has 4 rings (SSSR count). The summed E-state index contributed by atoms with van der Waals surface area (Å²) in [4.78, 5) is 29.7. The van der Waals surface area contributed by atoms with E-state index in [1.165, 1.54) is 17.0 Å². The molecule has 1 N–H and O–H groups in total. The number of benzene rings is 4. The molecule has 0 fully saturated rings. The van der Waals surface area contributed by atoms with Crippen LogP contribution in [-0.4, -0.2) is 43.8 Å². The summed E-state index contributed by atoms with van der Waals surface area (Å²) in [6, 6.07) is 30.5. The number of nitrogens with one attached hydrogen (secondary N) is 1. The molecule has 7 nitrogen and oxygen atoms in total. The van der Waals surface area contributed by atoms with Crippen LogP contribution in [0.2, 0.25) is 5.02 Å². The van der Waals surface area contributed by atoms with E-state index < -0.39 is 28.5 Å². The van der Waals surface area contributed by atoms with Gasteiger partial charge in [0.05, 0.1) is 10.6 Å². The number of carbonyl (C=O) groups is 2. The average Bonchev–Trinajstić information content (AvgIpc) is 2.98. The lowest BCUT2D eigenvalue weighted by Crippen LogP contribution is -2.54. The summed E-state index contributed by atoms with van der Waals surface area (Å²) >= 11 is 6.29. The summed E-state index contributed by atoms with van der Waals surface area (Å²) in [6.07, 6.45) is 0.238. The van der Waals surface area contributed by atoms with Gasteiger partial charge in [-0.15, -0.1) is 0 Å². The van der Waals surface area contributed by atoms with Gasteiger partial charge in [0.15, 0.2) is 0 Å². The van der Waals surface area contributed by atoms with E-state index in [0.29, 0.717) is 21.8 Å². The first-order valence-electron chi connectivity index (χ1n) is 14.1. The molecule has 0 heterocycles. The van der Waals surface area contributed by atoms with Crippen molar-refractivity contribution in [2.24, 2.45) is 0 Å². The first-order chi connectivity index (χ1) is 20.6. The molecule has 1 atom stereocenters. The molecular weight excluding hydrogens is 582 g/mol. The maximum absolute atomic E-state index is 14.4. The second kappa shape index (κ2) is 14.4. The Morgan fingerprint density at radius 1 is 0.814 bits per heavy atom. The van der Waals surface area contributed by atoms with Crippen molar-refractivity contribution >= 4 is 39.1 Å². The van der Waals surface area contributed by atoms with E-state index in [1.54, 1.807) is 61.5 Å². The van der Waals surface area contributed by atoms with E-state index in [0.717, 1.165) is 9.87 Å². The molecule has 0 aliphatic rings. The van der Waals surface area contributed by atoms with E-state index >= 15 is 0 Å². The summed E-state index contributed by atoms with van der Waals surface area (Å²) in [5.74, 6) is -0.856. The highest BCUT2D eigenvalue weighted by molar-refractivity contribution is 7.92. The largest absolute Gasteiger partial charge is 0.352 e. The van der Waals surface area contributed by atoms with Crippen LogP contribution in [0.15, 0.2) is 114 Å². The Hall–Kier alpha value is -4.14. The first-order valence-corrected chi connectivity index (χ1v) is 15.9. The third kappa shape index (κ3) is 8.24. The highest BCUT2D eigenvalue weighted by atomic mass is 35.5. The van der Waals surface area contributed by atoms with Crippen molar-refractivity contribution in [2.45, 2.75) is 50.7 Å². The zero-order valence-electron chi connectivity index (χ0n) is 24.5. The number of hydrogen-bond acceptors (Lipinski definition) is 4. The Balaban J connectivity index is 1.81. The molecular formula is C34H36ClN3O4S. The lowest BCUT2D eigenvalue weighted by Gasteiger charge is -2.34. The Kier molecular flexibility index (Phi) is 10.6. The van der Waals surface area contributed by atoms with Gasteiger partial charge in [0.1, 0.15) is 12.6 Å². The SMILES string of the molecule is Cc1ccccc1N(CC(=O)N(Cc1cccc(Cl)c1)C(Cc1ccccc1)C(=O)NC(C)C)S(=O)(=O)c1ccccc1. The standard InChI is InChI=1S/C34H36ClN3O4S/c1-25(2)36-34(40)32(22-27-14-6-4-7-15-27)37(23-28-16-12-17-29(35)21-28)33(39)24-38(31-20-11-10-13-26(31)3)43(41,42)30-18-8-5-9-19-30/h4-21,25,32H,22-24H2,1-3H3,(H,36,40). The van der Waals surface area contributed by atoms with Crippen LogP contribution in [-0.2, 0) is 32.6 Å². The Morgan fingerprint density at radius 3 is 2.05 bits per heavy atom. The van der Waals surface area contributed by atoms with Crippen molar-refractivity contribution in [2.75, 3.05) is 10.8 Å². The molecule has 0 aliphatic heterocycles. The first kappa shape index (κ1) is 31.8. The van der Waals surface area contributed by atoms with Crippen molar-refractivity contribution in [1.29, 1.82) is 0 Å². The van der Waals surface area contributed by atoms with Crippen LogP contribution in [0, 0.1) is 6.92 Å². The van der Waals surface area contributed by atoms with Crippen LogP contribution in [0.1, 0.15) is 30.5 Å². The molecule has 2 amide bonds. The monoisotopic (exact) mass is 617 g/mol. The average molecular weight is 618 g/mol. The van der Waals surface area contributed by atoms with Crippen LogP contribution in [0.4, 0.5) is 5.69 Å². The van der Waals surface area contributed by atoms with Crippen molar-refractivity contribution in [3.8, 4) is 0 Å². The summed E-state index contributed by atoms with van der Waals surface area (Å²) in [5.41, 5.74) is 2.65. The molecule has 0 radical (unpaired) electrons. The zero-order valence-corrected chi connectivity index (χ0v) is 26.1. The molecule has 0 saturated heterocycles. The van der Waals surface area contributed by atoms with E-state index in [2.05, 4.69) is 5.32 Å². The van der Waals surface area contributed by atoms with Crippen molar-refractivity contribution in [1.82, 2.24) is 10.2 Å². The van der Waals surface area contributed by atoms with Gasteiger partial charge in [-0.05, 0) is 67.8 Å². The summed E-state index contributed by atoms with van der Waals surface area (Å²) in [7, 11) is -4.14. The third-order valence-electron chi connectivity index (χ3n) is 6.94. The van der Waals surface area contributed by atoms with Crippen LogP contribution < -0.4 is 9.62 Å². The maximum Gasteiger partial charge on any atom is 0.264 e.